The van der Waals surface area contributed by atoms with Gasteiger partial charge in [-0.25, -0.2) is 4.98 Å². The van der Waals surface area contributed by atoms with Gasteiger partial charge in [0.2, 0.25) is 5.95 Å². The molecule has 0 aliphatic heterocycles. The summed E-state index contributed by atoms with van der Waals surface area (Å²) < 4.78 is 38.6. The number of aromatic nitrogens is 2. The molecule has 3 rings (SSSR count). The number of halogens is 3. The van der Waals surface area contributed by atoms with E-state index in [4.69, 9.17) is 0 Å². The average molecular weight is 372 g/mol. The second-order valence-electron chi connectivity index (χ2n) is 6.03. The largest absolute Gasteiger partial charge is 0.416 e. The zero-order valence-electron chi connectivity index (χ0n) is 15.0. The number of anilines is 4. The van der Waals surface area contributed by atoms with Gasteiger partial charge in [-0.05, 0) is 55.8 Å². The molecule has 2 aromatic carbocycles. The smallest absolute Gasteiger partial charge is 0.326 e. The molecule has 1 N–H and O–H groups in total. The van der Waals surface area contributed by atoms with Gasteiger partial charge in [0, 0.05) is 24.1 Å². The molecule has 1 aromatic heterocycles. The number of benzene rings is 2. The fourth-order valence-electron chi connectivity index (χ4n) is 2.73. The van der Waals surface area contributed by atoms with Gasteiger partial charge in [-0.2, -0.15) is 18.2 Å². The molecule has 140 valence electrons. The molecule has 3 aromatic rings. The molecule has 0 atom stereocenters. The molecule has 27 heavy (non-hydrogen) atoms. The van der Waals surface area contributed by atoms with Crippen LogP contribution in [0.4, 0.5) is 36.3 Å². The van der Waals surface area contributed by atoms with E-state index in [1.807, 2.05) is 43.0 Å². The summed E-state index contributed by atoms with van der Waals surface area (Å²) in [6.45, 7) is 4.70. The number of rotatable bonds is 5. The molecule has 7 heteroatoms. The Labute approximate surface area is 155 Å². The van der Waals surface area contributed by atoms with Crippen LogP contribution in [0.1, 0.15) is 18.1 Å². The van der Waals surface area contributed by atoms with Crippen molar-refractivity contribution in [1.29, 1.82) is 0 Å². The molecule has 0 saturated heterocycles. The quantitative estimate of drug-likeness (QED) is 0.623. The fourth-order valence-corrected chi connectivity index (χ4v) is 2.73. The first-order valence-corrected chi connectivity index (χ1v) is 8.48. The van der Waals surface area contributed by atoms with Gasteiger partial charge in [0.1, 0.15) is 5.82 Å². The second-order valence-corrected chi connectivity index (χ2v) is 6.03. The van der Waals surface area contributed by atoms with Crippen molar-refractivity contribution in [3.05, 3.63) is 71.9 Å². The maximum Gasteiger partial charge on any atom is 0.416 e. The molecular weight excluding hydrogens is 353 g/mol. The Kier molecular flexibility index (Phi) is 5.30. The van der Waals surface area contributed by atoms with Crippen LogP contribution in [0.2, 0.25) is 0 Å². The van der Waals surface area contributed by atoms with Gasteiger partial charge in [0.25, 0.3) is 0 Å². The van der Waals surface area contributed by atoms with Crippen molar-refractivity contribution in [2.45, 2.75) is 20.0 Å². The summed E-state index contributed by atoms with van der Waals surface area (Å²) in [7, 11) is 0. The summed E-state index contributed by atoms with van der Waals surface area (Å²) in [5.74, 6) is 0.894. The minimum absolute atomic E-state index is 0.234. The van der Waals surface area contributed by atoms with E-state index < -0.39 is 11.7 Å². The van der Waals surface area contributed by atoms with Gasteiger partial charge in [-0.15, -0.1) is 0 Å². The number of nitrogens with one attached hydrogen (secondary N) is 1. The third-order valence-corrected chi connectivity index (χ3v) is 3.99. The zero-order valence-corrected chi connectivity index (χ0v) is 15.0. The molecule has 0 spiro atoms. The first-order valence-electron chi connectivity index (χ1n) is 8.48. The van der Waals surface area contributed by atoms with Crippen LogP contribution in [0.25, 0.3) is 0 Å². The van der Waals surface area contributed by atoms with Crippen molar-refractivity contribution in [3.63, 3.8) is 0 Å². The Morgan fingerprint density at radius 3 is 2.52 bits per heavy atom. The minimum atomic E-state index is -4.40. The Hall–Kier alpha value is -3.09. The molecule has 1 heterocycles. The van der Waals surface area contributed by atoms with Crippen LogP contribution in [0.5, 0.6) is 0 Å². The lowest BCUT2D eigenvalue weighted by atomic mass is 10.2. The highest BCUT2D eigenvalue weighted by Gasteiger charge is 2.30. The predicted octanol–water partition coefficient (Wildman–Crippen LogP) is 5.71. The lowest BCUT2D eigenvalue weighted by Gasteiger charge is -2.22. The number of nitrogens with zero attached hydrogens (tertiary/aromatic N) is 3. The summed E-state index contributed by atoms with van der Waals surface area (Å²) in [5.41, 5.74) is 1.67. The minimum Gasteiger partial charge on any atom is -0.326 e. The highest BCUT2D eigenvalue weighted by molar-refractivity contribution is 5.63. The Bertz CT molecular complexity index is 925. The van der Waals surface area contributed by atoms with Crippen LogP contribution in [0, 0.1) is 6.92 Å². The van der Waals surface area contributed by atoms with Crippen LogP contribution in [-0.2, 0) is 6.18 Å². The van der Waals surface area contributed by atoms with Crippen molar-refractivity contribution in [2.24, 2.45) is 0 Å². The van der Waals surface area contributed by atoms with E-state index in [9.17, 15) is 13.2 Å². The first-order chi connectivity index (χ1) is 12.9. The van der Waals surface area contributed by atoms with E-state index in [0.29, 0.717) is 12.4 Å². The zero-order chi connectivity index (χ0) is 19.4. The summed E-state index contributed by atoms with van der Waals surface area (Å²) in [6.07, 6.45) is -2.82. The molecule has 4 nitrogen and oxygen atoms in total. The molecule has 0 amide bonds. The predicted molar refractivity (Wildman–Crippen MR) is 101 cm³/mol. The van der Waals surface area contributed by atoms with Crippen molar-refractivity contribution in [1.82, 2.24) is 9.97 Å². The Morgan fingerprint density at radius 1 is 1.04 bits per heavy atom. The lowest BCUT2D eigenvalue weighted by Crippen LogP contribution is -2.18. The van der Waals surface area contributed by atoms with Crippen molar-refractivity contribution in [3.8, 4) is 0 Å². The number of hydrogen-bond acceptors (Lipinski definition) is 4. The van der Waals surface area contributed by atoms with Crippen LogP contribution in [0.15, 0.2) is 60.8 Å². The van der Waals surface area contributed by atoms with Crippen molar-refractivity contribution in [2.75, 3.05) is 16.8 Å². The molecule has 0 bridgehead atoms. The highest BCUT2D eigenvalue weighted by Crippen LogP contribution is 2.31. The van der Waals surface area contributed by atoms with Crippen molar-refractivity contribution < 1.29 is 13.2 Å². The maximum atomic E-state index is 12.9. The average Bonchev–Trinajstić information content (AvgIpc) is 2.62. The number of hydrogen-bond donors (Lipinski definition) is 1. The number of aryl methyl sites for hydroxylation is 1. The monoisotopic (exact) mass is 372 g/mol. The van der Waals surface area contributed by atoms with Crippen LogP contribution < -0.4 is 10.2 Å². The van der Waals surface area contributed by atoms with Crippen LogP contribution in [0.3, 0.4) is 0 Å². The highest BCUT2D eigenvalue weighted by atomic mass is 19.4. The summed E-state index contributed by atoms with van der Waals surface area (Å²) in [5, 5.41) is 2.85. The molecule has 0 fully saturated rings. The van der Waals surface area contributed by atoms with Crippen LogP contribution >= 0.6 is 0 Å². The van der Waals surface area contributed by atoms with E-state index in [-0.39, 0.29) is 11.6 Å². The Morgan fingerprint density at radius 2 is 1.81 bits per heavy atom. The summed E-state index contributed by atoms with van der Waals surface area (Å²) in [6, 6.07) is 14.7. The van der Waals surface area contributed by atoms with E-state index in [1.165, 1.54) is 6.07 Å². The summed E-state index contributed by atoms with van der Waals surface area (Å²) in [4.78, 5) is 10.6. The SMILES string of the molecule is CCN(c1cccc(C)c1)c1ccnc(Nc2cccc(C(F)(F)F)c2)n1. The van der Waals surface area contributed by atoms with Gasteiger partial charge in [-0.3, -0.25) is 0 Å². The molecular formula is C20H19F3N4. The van der Waals surface area contributed by atoms with Gasteiger partial charge >= 0.3 is 6.18 Å². The summed E-state index contributed by atoms with van der Waals surface area (Å²) >= 11 is 0. The third-order valence-electron chi connectivity index (χ3n) is 3.99. The van der Waals surface area contributed by atoms with E-state index in [2.05, 4.69) is 15.3 Å². The van der Waals surface area contributed by atoms with Gasteiger partial charge in [-0.1, -0.05) is 18.2 Å². The maximum absolute atomic E-state index is 12.9. The van der Waals surface area contributed by atoms with E-state index >= 15 is 0 Å². The molecule has 0 unspecified atom stereocenters. The molecule has 0 saturated carbocycles. The van der Waals surface area contributed by atoms with Gasteiger partial charge in [0.15, 0.2) is 0 Å². The number of alkyl halides is 3. The fraction of sp³-hybridized carbons (Fsp3) is 0.200. The normalized spacial score (nSPS) is 11.3. The van der Waals surface area contributed by atoms with Gasteiger partial charge in [0.05, 0.1) is 5.56 Å². The van der Waals surface area contributed by atoms with Gasteiger partial charge < -0.3 is 10.2 Å². The standard InChI is InChI=1S/C20H19F3N4/c1-3-27(17-9-4-6-14(2)12-17)18-10-11-24-19(26-18)25-16-8-5-7-15(13-16)20(21,22)23/h4-13H,3H2,1-2H3,(H,24,25,26). The molecule has 0 aliphatic rings. The second kappa shape index (κ2) is 7.65. The first kappa shape index (κ1) is 18.7. The topological polar surface area (TPSA) is 41.1 Å². The van der Waals surface area contributed by atoms with E-state index in [1.54, 1.807) is 18.3 Å². The Balaban J connectivity index is 1.87. The molecule has 0 aliphatic carbocycles. The lowest BCUT2D eigenvalue weighted by molar-refractivity contribution is -0.137. The van der Waals surface area contributed by atoms with E-state index in [0.717, 1.165) is 23.4 Å². The van der Waals surface area contributed by atoms with Crippen molar-refractivity contribution >= 4 is 23.1 Å². The van der Waals surface area contributed by atoms with Crippen LogP contribution in [-0.4, -0.2) is 16.5 Å². The molecule has 0 radical (unpaired) electrons. The third kappa shape index (κ3) is 4.55.